The molecule has 16 heavy (non-hydrogen) atoms. The van der Waals surface area contributed by atoms with E-state index in [0.29, 0.717) is 13.2 Å². The molecule has 1 rings (SSSR count). The van der Waals surface area contributed by atoms with E-state index >= 15 is 0 Å². The van der Waals surface area contributed by atoms with E-state index in [2.05, 4.69) is 5.32 Å². The summed E-state index contributed by atoms with van der Waals surface area (Å²) in [6.07, 6.45) is -0.305. The molecule has 0 aromatic heterocycles. The molecule has 0 spiro atoms. The Labute approximate surface area is 103 Å². The summed E-state index contributed by atoms with van der Waals surface area (Å²) < 4.78 is 5.40. The van der Waals surface area contributed by atoms with Crippen molar-refractivity contribution in [3.05, 3.63) is 29.8 Å². The average Bonchev–Trinajstić information content (AvgIpc) is 2.18. The molecule has 1 unspecified atom stereocenters. The average molecular weight is 246 g/mol. The van der Waals surface area contributed by atoms with Gasteiger partial charge in [0.1, 0.15) is 5.75 Å². The van der Waals surface area contributed by atoms with E-state index in [1.807, 2.05) is 31.2 Å². The van der Waals surface area contributed by atoms with Crippen LogP contribution in [0, 0.1) is 0 Å². The van der Waals surface area contributed by atoms with Crippen LogP contribution < -0.4 is 10.1 Å². The van der Waals surface area contributed by atoms with Crippen LogP contribution in [0.3, 0.4) is 0 Å². The Bertz CT molecular complexity index is 292. The quantitative estimate of drug-likeness (QED) is 0.805. The largest absolute Gasteiger partial charge is 0.494 e. The van der Waals surface area contributed by atoms with Crippen molar-refractivity contribution >= 4 is 12.4 Å². The van der Waals surface area contributed by atoms with Crippen molar-refractivity contribution < 1.29 is 9.84 Å². The molecule has 0 aliphatic carbocycles. The van der Waals surface area contributed by atoms with Crippen molar-refractivity contribution in [2.24, 2.45) is 0 Å². The normalized spacial score (nSPS) is 11.7. The number of aliphatic hydroxyl groups excluding tert-OH is 1. The molecule has 2 N–H and O–H groups in total. The first kappa shape index (κ1) is 15.2. The van der Waals surface area contributed by atoms with E-state index in [4.69, 9.17) is 9.84 Å². The Kier molecular flexibility index (Phi) is 7.99. The first-order chi connectivity index (χ1) is 7.22. The molecule has 1 atom stereocenters. The van der Waals surface area contributed by atoms with Gasteiger partial charge < -0.3 is 15.2 Å². The third-order valence-electron chi connectivity index (χ3n) is 1.98. The zero-order valence-electron chi connectivity index (χ0n) is 9.77. The molecule has 0 bridgehead atoms. The van der Waals surface area contributed by atoms with Crippen LogP contribution in [0.2, 0.25) is 0 Å². The topological polar surface area (TPSA) is 41.5 Å². The fraction of sp³-hybridized carbons (Fsp3) is 0.500. The molecular formula is C12H20ClNO2. The third-order valence-corrected chi connectivity index (χ3v) is 1.98. The van der Waals surface area contributed by atoms with Gasteiger partial charge in [-0.2, -0.15) is 0 Å². The van der Waals surface area contributed by atoms with Gasteiger partial charge in [0, 0.05) is 13.1 Å². The highest BCUT2D eigenvalue weighted by Gasteiger charge is 1.97. The smallest absolute Gasteiger partial charge is 0.119 e. The lowest BCUT2D eigenvalue weighted by molar-refractivity contribution is 0.191. The van der Waals surface area contributed by atoms with E-state index in [-0.39, 0.29) is 18.5 Å². The second-order valence-corrected chi connectivity index (χ2v) is 3.56. The zero-order valence-corrected chi connectivity index (χ0v) is 10.6. The van der Waals surface area contributed by atoms with Crippen LogP contribution in [0.1, 0.15) is 19.4 Å². The lowest BCUT2D eigenvalue weighted by Gasteiger charge is -2.08. The predicted molar refractivity (Wildman–Crippen MR) is 68.2 cm³/mol. The molecule has 0 aliphatic rings. The van der Waals surface area contributed by atoms with Gasteiger partial charge in [-0.05, 0) is 31.5 Å². The van der Waals surface area contributed by atoms with Crippen molar-refractivity contribution in [1.82, 2.24) is 5.32 Å². The van der Waals surface area contributed by atoms with Gasteiger partial charge >= 0.3 is 0 Å². The van der Waals surface area contributed by atoms with Gasteiger partial charge in [-0.3, -0.25) is 0 Å². The molecule has 0 amide bonds. The summed E-state index contributed by atoms with van der Waals surface area (Å²) >= 11 is 0. The Hall–Kier alpha value is -0.770. The Morgan fingerprint density at radius 1 is 1.44 bits per heavy atom. The minimum absolute atomic E-state index is 0. The summed E-state index contributed by atoms with van der Waals surface area (Å²) in [4.78, 5) is 0. The van der Waals surface area contributed by atoms with Gasteiger partial charge in [-0.15, -0.1) is 12.4 Å². The molecular weight excluding hydrogens is 226 g/mol. The summed E-state index contributed by atoms with van der Waals surface area (Å²) in [7, 11) is 0. The summed E-state index contributed by atoms with van der Waals surface area (Å²) in [6, 6.07) is 7.97. The molecule has 0 aliphatic heterocycles. The van der Waals surface area contributed by atoms with Crippen molar-refractivity contribution in [1.29, 1.82) is 0 Å². The first-order valence-corrected chi connectivity index (χ1v) is 5.33. The minimum atomic E-state index is -0.305. The van der Waals surface area contributed by atoms with Crippen LogP contribution in [0.5, 0.6) is 5.75 Å². The molecule has 1 aromatic carbocycles. The maximum absolute atomic E-state index is 9.08. The molecule has 3 nitrogen and oxygen atoms in total. The molecule has 92 valence electrons. The number of rotatable bonds is 6. The van der Waals surface area contributed by atoms with Gasteiger partial charge in [0.2, 0.25) is 0 Å². The predicted octanol–water partition coefficient (Wildman–Crippen LogP) is 1.98. The SMILES string of the molecule is CCOc1cccc(CNCC(C)O)c1.Cl. The van der Waals surface area contributed by atoms with Crippen molar-refractivity contribution in [2.75, 3.05) is 13.2 Å². The van der Waals surface area contributed by atoms with E-state index in [1.54, 1.807) is 6.92 Å². The fourth-order valence-corrected chi connectivity index (χ4v) is 1.34. The van der Waals surface area contributed by atoms with Crippen LogP contribution in [-0.2, 0) is 6.54 Å². The highest BCUT2D eigenvalue weighted by atomic mass is 35.5. The summed E-state index contributed by atoms with van der Waals surface area (Å²) in [5.41, 5.74) is 1.17. The number of aliphatic hydroxyl groups is 1. The number of halogens is 1. The number of hydrogen-bond donors (Lipinski definition) is 2. The molecule has 1 aromatic rings. The molecule has 0 heterocycles. The van der Waals surface area contributed by atoms with Crippen LogP contribution >= 0.6 is 12.4 Å². The molecule has 4 heteroatoms. The summed E-state index contributed by atoms with van der Waals surface area (Å²) in [5, 5.41) is 12.2. The highest BCUT2D eigenvalue weighted by Crippen LogP contribution is 2.12. The number of nitrogens with one attached hydrogen (secondary N) is 1. The first-order valence-electron chi connectivity index (χ1n) is 5.33. The maximum atomic E-state index is 9.08. The molecule has 0 radical (unpaired) electrons. The van der Waals surface area contributed by atoms with Gasteiger partial charge in [-0.1, -0.05) is 12.1 Å². The highest BCUT2D eigenvalue weighted by molar-refractivity contribution is 5.85. The van der Waals surface area contributed by atoms with Crippen molar-refractivity contribution in [3.8, 4) is 5.75 Å². The van der Waals surface area contributed by atoms with E-state index in [0.717, 1.165) is 12.3 Å². The third kappa shape index (κ3) is 5.95. The monoisotopic (exact) mass is 245 g/mol. The van der Waals surface area contributed by atoms with Gasteiger partial charge in [0.05, 0.1) is 12.7 Å². The number of hydrogen-bond acceptors (Lipinski definition) is 3. The summed E-state index contributed by atoms with van der Waals surface area (Å²) in [5.74, 6) is 0.897. The van der Waals surface area contributed by atoms with Gasteiger partial charge in [-0.25, -0.2) is 0 Å². The van der Waals surface area contributed by atoms with E-state index < -0.39 is 0 Å². The van der Waals surface area contributed by atoms with E-state index in [1.165, 1.54) is 5.56 Å². The van der Waals surface area contributed by atoms with Crippen LogP contribution in [0.15, 0.2) is 24.3 Å². The van der Waals surface area contributed by atoms with Gasteiger partial charge in [0.25, 0.3) is 0 Å². The maximum Gasteiger partial charge on any atom is 0.119 e. The molecule has 0 saturated carbocycles. The molecule has 0 saturated heterocycles. The van der Waals surface area contributed by atoms with Crippen molar-refractivity contribution in [3.63, 3.8) is 0 Å². The standard InChI is InChI=1S/C12H19NO2.ClH/c1-3-15-12-6-4-5-11(7-12)9-13-8-10(2)14;/h4-7,10,13-14H,3,8-9H2,1-2H3;1H. The fourth-order valence-electron chi connectivity index (χ4n) is 1.34. The Morgan fingerprint density at radius 3 is 2.81 bits per heavy atom. The van der Waals surface area contributed by atoms with Crippen LogP contribution in [0.25, 0.3) is 0 Å². The van der Waals surface area contributed by atoms with Gasteiger partial charge in [0.15, 0.2) is 0 Å². The Morgan fingerprint density at radius 2 is 2.19 bits per heavy atom. The second kappa shape index (κ2) is 8.39. The van der Waals surface area contributed by atoms with E-state index in [9.17, 15) is 0 Å². The lowest BCUT2D eigenvalue weighted by Crippen LogP contribution is -2.23. The second-order valence-electron chi connectivity index (χ2n) is 3.56. The number of ether oxygens (including phenoxy) is 1. The zero-order chi connectivity index (χ0) is 11.1. The molecule has 0 fully saturated rings. The minimum Gasteiger partial charge on any atom is -0.494 e. The van der Waals surface area contributed by atoms with Crippen LogP contribution in [-0.4, -0.2) is 24.4 Å². The van der Waals surface area contributed by atoms with Crippen molar-refractivity contribution in [2.45, 2.75) is 26.5 Å². The number of benzene rings is 1. The summed E-state index contributed by atoms with van der Waals surface area (Å²) in [6.45, 7) is 5.79. The lowest BCUT2D eigenvalue weighted by atomic mass is 10.2. The van der Waals surface area contributed by atoms with Crippen LogP contribution in [0.4, 0.5) is 0 Å². The Balaban J connectivity index is 0.00000225.